The Hall–Kier alpha value is -1.29. The molecule has 0 aliphatic carbocycles. The molecule has 1 saturated heterocycles. The third-order valence-electron chi connectivity index (χ3n) is 6.59. The zero-order valence-electron chi connectivity index (χ0n) is 20.7. The van der Waals surface area contributed by atoms with E-state index in [1.165, 1.54) is 70.3 Å². The summed E-state index contributed by atoms with van der Waals surface area (Å²) in [4.78, 5) is 0. The molecule has 0 aromatic carbocycles. The van der Waals surface area contributed by atoms with Crippen molar-refractivity contribution in [1.82, 2.24) is 0 Å². The van der Waals surface area contributed by atoms with Gasteiger partial charge in [0.15, 0.2) is 12.5 Å². The van der Waals surface area contributed by atoms with Crippen LogP contribution in [0.1, 0.15) is 89.7 Å². The van der Waals surface area contributed by atoms with Crippen molar-refractivity contribution >= 4 is 0 Å². The average Bonchev–Trinajstić information content (AvgIpc) is 2.83. The molecule has 0 spiro atoms. The van der Waals surface area contributed by atoms with Crippen molar-refractivity contribution in [2.75, 3.05) is 6.61 Å². The first kappa shape index (κ1) is 28.9. The number of ether oxygens (including phenoxy) is 2. The smallest absolute Gasteiger partial charge is 0.207 e. The summed E-state index contributed by atoms with van der Waals surface area (Å²) in [6, 6.07) is 3.15. The lowest BCUT2D eigenvalue weighted by molar-refractivity contribution is -0.709. The summed E-state index contributed by atoms with van der Waals surface area (Å²) in [5.41, 5.74) is 0.750. The first-order chi connectivity index (χ1) is 16.5. The van der Waals surface area contributed by atoms with E-state index in [0.29, 0.717) is 6.54 Å². The van der Waals surface area contributed by atoms with E-state index >= 15 is 0 Å². The zero-order valence-corrected chi connectivity index (χ0v) is 20.7. The highest BCUT2D eigenvalue weighted by Crippen LogP contribution is 2.22. The van der Waals surface area contributed by atoms with E-state index in [9.17, 15) is 25.5 Å². The first-order valence-electron chi connectivity index (χ1n) is 13.1. The normalized spacial score (nSPS) is 25.0. The summed E-state index contributed by atoms with van der Waals surface area (Å²) < 4.78 is 12.9. The van der Waals surface area contributed by atoms with E-state index in [1.807, 2.05) is 4.57 Å². The zero-order chi connectivity index (χ0) is 24.8. The molecule has 0 radical (unpaired) electrons. The van der Waals surface area contributed by atoms with E-state index in [-0.39, 0.29) is 12.4 Å². The highest BCUT2D eigenvalue weighted by Gasteiger charge is 2.44. The molecule has 8 nitrogen and oxygen atoms in total. The van der Waals surface area contributed by atoms with Gasteiger partial charge < -0.3 is 35.0 Å². The number of aryl methyl sites for hydroxylation is 1. The standard InChI is InChI=1S/C26H45NO7/c1-2-3-4-5-6-7-8-9-10-11-12-13-16-27-17-21(29)15-14-20(27)19-33-26-25(32)24(31)23(30)22(18-28)34-26/h14-15,17,22-26,28,30-32H,2-13,16,18-19H2,1H3/t22-,23-,24+,25-,26+/m1/s1. The molecule has 1 aromatic heterocycles. The molecular weight excluding hydrogens is 438 g/mol. The van der Waals surface area contributed by atoms with Gasteiger partial charge in [-0.2, -0.15) is 0 Å². The Morgan fingerprint density at radius 3 is 2.03 bits per heavy atom. The van der Waals surface area contributed by atoms with Crippen LogP contribution in [0, 0.1) is 0 Å². The molecule has 4 N–H and O–H groups in total. The van der Waals surface area contributed by atoms with Crippen LogP contribution in [0.5, 0.6) is 5.75 Å². The van der Waals surface area contributed by atoms with Gasteiger partial charge in [-0.15, -0.1) is 0 Å². The summed E-state index contributed by atoms with van der Waals surface area (Å²) in [7, 11) is 0. The van der Waals surface area contributed by atoms with Crippen molar-refractivity contribution in [2.24, 2.45) is 0 Å². The molecule has 5 atom stereocenters. The third kappa shape index (κ3) is 9.76. The van der Waals surface area contributed by atoms with E-state index in [0.717, 1.165) is 18.5 Å². The highest BCUT2D eigenvalue weighted by molar-refractivity contribution is 5.12. The lowest BCUT2D eigenvalue weighted by Gasteiger charge is -2.39. The molecule has 1 aliphatic rings. The van der Waals surface area contributed by atoms with Gasteiger partial charge in [0, 0.05) is 12.5 Å². The van der Waals surface area contributed by atoms with Crippen LogP contribution in [0.2, 0.25) is 0 Å². The molecule has 1 aromatic rings. The van der Waals surface area contributed by atoms with Crippen molar-refractivity contribution in [1.29, 1.82) is 0 Å². The first-order valence-corrected chi connectivity index (χ1v) is 13.1. The van der Waals surface area contributed by atoms with Crippen LogP contribution in [0.3, 0.4) is 0 Å². The minimum Gasteiger partial charge on any atom is -0.868 e. The quantitative estimate of drug-likeness (QED) is 0.197. The van der Waals surface area contributed by atoms with Crippen molar-refractivity contribution in [3.8, 4) is 5.75 Å². The van der Waals surface area contributed by atoms with Gasteiger partial charge in [-0.05, 0) is 12.2 Å². The molecule has 8 heteroatoms. The Labute approximate surface area is 204 Å². The molecule has 0 unspecified atom stereocenters. The van der Waals surface area contributed by atoms with Gasteiger partial charge >= 0.3 is 0 Å². The topological polar surface area (TPSA) is 126 Å². The van der Waals surface area contributed by atoms with Crippen molar-refractivity contribution in [3.05, 3.63) is 24.0 Å². The number of rotatable bonds is 17. The molecule has 196 valence electrons. The van der Waals surface area contributed by atoms with Crippen molar-refractivity contribution in [3.63, 3.8) is 0 Å². The summed E-state index contributed by atoms with van der Waals surface area (Å²) in [5, 5.41) is 51.1. The lowest BCUT2D eigenvalue weighted by atomic mass is 9.99. The SMILES string of the molecule is CCCCCCCCCCCCCC[n+]1cc([O-])ccc1CO[C@H]1O[C@H](CO)[C@@H](O)[C@H](O)[C@H]1O. The van der Waals surface area contributed by atoms with Crippen LogP contribution in [-0.4, -0.2) is 57.7 Å². The lowest BCUT2D eigenvalue weighted by Crippen LogP contribution is -2.59. The Bertz CT molecular complexity index is 673. The van der Waals surface area contributed by atoms with Crippen LogP contribution in [0.4, 0.5) is 0 Å². The minimum atomic E-state index is -1.48. The monoisotopic (exact) mass is 483 g/mol. The summed E-state index contributed by atoms with van der Waals surface area (Å²) in [5.74, 6) is -0.0875. The van der Waals surface area contributed by atoms with Crippen LogP contribution >= 0.6 is 0 Å². The van der Waals surface area contributed by atoms with Gasteiger partial charge in [-0.1, -0.05) is 77.2 Å². The molecule has 34 heavy (non-hydrogen) atoms. The van der Waals surface area contributed by atoms with Gasteiger partial charge in [0.25, 0.3) is 0 Å². The number of hydrogen-bond donors (Lipinski definition) is 4. The molecule has 0 amide bonds. The molecule has 0 saturated carbocycles. The average molecular weight is 484 g/mol. The molecule has 1 aliphatic heterocycles. The third-order valence-corrected chi connectivity index (χ3v) is 6.59. The maximum Gasteiger partial charge on any atom is 0.207 e. The largest absolute Gasteiger partial charge is 0.868 e. The molecule has 1 fully saturated rings. The van der Waals surface area contributed by atoms with Gasteiger partial charge in [-0.3, -0.25) is 0 Å². The number of aromatic nitrogens is 1. The Balaban J connectivity index is 1.69. The fraction of sp³-hybridized carbons (Fsp3) is 0.808. The number of nitrogens with zero attached hydrogens (tertiary/aromatic N) is 1. The second-order valence-corrected chi connectivity index (χ2v) is 9.45. The Kier molecular flexibility index (Phi) is 14.0. The number of aliphatic hydroxyl groups is 4. The van der Waals surface area contributed by atoms with Gasteiger partial charge in [0.1, 0.15) is 37.6 Å². The van der Waals surface area contributed by atoms with Crippen LogP contribution in [-0.2, 0) is 22.6 Å². The van der Waals surface area contributed by atoms with E-state index < -0.39 is 37.3 Å². The van der Waals surface area contributed by atoms with E-state index in [4.69, 9.17) is 9.47 Å². The summed E-state index contributed by atoms with van der Waals surface area (Å²) in [6.07, 6.45) is 10.2. The predicted octanol–water partition coefficient (Wildman–Crippen LogP) is 2.07. The Morgan fingerprint density at radius 2 is 1.44 bits per heavy atom. The molecular formula is C26H45NO7. The Morgan fingerprint density at radius 1 is 0.853 bits per heavy atom. The second-order valence-electron chi connectivity index (χ2n) is 9.45. The predicted molar refractivity (Wildman–Crippen MR) is 126 cm³/mol. The maximum absolute atomic E-state index is 11.9. The molecule has 2 heterocycles. The van der Waals surface area contributed by atoms with Gasteiger partial charge in [0.05, 0.1) is 6.61 Å². The highest BCUT2D eigenvalue weighted by atomic mass is 16.7. The maximum atomic E-state index is 11.9. The second kappa shape index (κ2) is 16.4. The fourth-order valence-corrected chi connectivity index (χ4v) is 4.39. The molecule has 2 rings (SSSR count). The van der Waals surface area contributed by atoms with E-state index in [2.05, 4.69) is 6.92 Å². The number of hydrogen-bond acceptors (Lipinski definition) is 7. The molecule has 0 bridgehead atoms. The summed E-state index contributed by atoms with van der Waals surface area (Å²) >= 11 is 0. The van der Waals surface area contributed by atoms with Crippen molar-refractivity contribution < 1.29 is 39.6 Å². The van der Waals surface area contributed by atoms with E-state index in [1.54, 1.807) is 12.3 Å². The van der Waals surface area contributed by atoms with Gasteiger partial charge in [0.2, 0.25) is 5.69 Å². The van der Waals surface area contributed by atoms with Crippen LogP contribution in [0.25, 0.3) is 0 Å². The number of unbranched alkanes of at least 4 members (excludes halogenated alkanes) is 11. The minimum absolute atomic E-state index is 0.0568. The number of pyridine rings is 1. The number of aliphatic hydroxyl groups excluding tert-OH is 4. The fourth-order valence-electron chi connectivity index (χ4n) is 4.39. The van der Waals surface area contributed by atoms with Gasteiger partial charge in [-0.25, -0.2) is 4.57 Å². The van der Waals surface area contributed by atoms with Crippen LogP contribution < -0.4 is 9.67 Å². The summed E-state index contributed by atoms with van der Waals surface area (Å²) in [6.45, 7) is 2.49. The van der Waals surface area contributed by atoms with Crippen LogP contribution in [0.15, 0.2) is 18.3 Å². The van der Waals surface area contributed by atoms with Crippen molar-refractivity contribution in [2.45, 2.75) is 128 Å².